The molecule has 0 aliphatic rings. The van der Waals surface area contributed by atoms with E-state index in [-0.39, 0.29) is 0 Å². The maximum Gasteiger partial charge on any atom is 0.217 e. The Morgan fingerprint density at radius 3 is 3.00 bits per heavy atom. The zero-order chi connectivity index (χ0) is 9.97. The first-order valence-electron chi connectivity index (χ1n) is 4.39. The zero-order valence-electron chi connectivity index (χ0n) is 7.57. The van der Waals surface area contributed by atoms with Gasteiger partial charge in [-0.15, -0.1) is 11.3 Å². The van der Waals surface area contributed by atoms with Crippen molar-refractivity contribution in [2.45, 2.75) is 12.5 Å². The third kappa shape index (κ3) is 1.69. The maximum absolute atomic E-state index is 10.3. The van der Waals surface area contributed by atoms with E-state index < -0.39 is 6.04 Å². The number of benzene rings is 1. The van der Waals surface area contributed by atoms with Crippen LogP contribution in [-0.2, 0) is 11.2 Å². The molecular weight excluding hydrogens is 194 g/mol. The lowest BCUT2D eigenvalue weighted by molar-refractivity contribution is 0.541. The molecule has 0 saturated heterocycles. The normalized spacial score (nSPS) is 12.9. The van der Waals surface area contributed by atoms with E-state index in [0.29, 0.717) is 6.42 Å². The SMILES string of the molecule is N[C@@H]([C]=O)Cc1csc2ccccc12. The summed E-state index contributed by atoms with van der Waals surface area (Å²) in [6, 6.07) is 7.62. The molecule has 1 radical (unpaired) electrons. The predicted octanol–water partition coefficient (Wildman–Crippen LogP) is 1.88. The Labute approximate surface area is 86.3 Å². The molecule has 2 N–H and O–H groups in total. The molecule has 0 bridgehead atoms. The quantitative estimate of drug-likeness (QED) is 0.829. The largest absolute Gasteiger partial charge is 0.321 e. The van der Waals surface area contributed by atoms with Gasteiger partial charge in [0.2, 0.25) is 6.29 Å². The third-order valence-corrected chi connectivity index (χ3v) is 3.16. The first kappa shape index (κ1) is 9.37. The minimum Gasteiger partial charge on any atom is -0.321 e. The third-order valence-electron chi connectivity index (χ3n) is 2.15. The fraction of sp³-hybridized carbons (Fsp3) is 0.182. The van der Waals surface area contributed by atoms with Gasteiger partial charge >= 0.3 is 0 Å². The molecule has 0 fully saturated rings. The molecule has 2 aromatic rings. The number of hydrogen-bond acceptors (Lipinski definition) is 3. The van der Waals surface area contributed by atoms with Crippen molar-refractivity contribution >= 4 is 27.7 Å². The van der Waals surface area contributed by atoms with Crippen molar-refractivity contribution in [3.8, 4) is 0 Å². The van der Waals surface area contributed by atoms with Crippen molar-refractivity contribution in [3.05, 3.63) is 35.2 Å². The van der Waals surface area contributed by atoms with Gasteiger partial charge in [-0.3, -0.25) is 4.79 Å². The average molecular weight is 204 g/mol. The van der Waals surface area contributed by atoms with Crippen LogP contribution in [0.4, 0.5) is 0 Å². The molecule has 3 heteroatoms. The molecule has 0 amide bonds. The molecule has 1 heterocycles. The summed E-state index contributed by atoms with van der Waals surface area (Å²) in [4.78, 5) is 10.3. The predicted molar refractivity (Wildman–Crippen MR) is 59.2 cm³/mol. The summed E-state index contributed by atoms with van der Waals surface area (Å²) >= 11 is 1.68. The van der Waals surface area contributed by atoms with Crippen LogP contribution in [0.2, 0.25) is 0 Å². The number of nitrogens with two attached hydrogens (primary N) is 1. The second-order valence-electron chi connectivity index (χ2n) is 3.19. The van der Waals surface area contributed by atoms with E-state index >= 15 is 0 Å². The Morgan fingerprint density at radius 2 is 2.21 bits per heavy atom. The highest BCUT2D eigenvalue weighted by molar-refractivity contribution is 7.17. The molecule has 2 nitrogen and oxygen atoms in total. The summed E-state index contributed by atoms with van der Waals surface area (Å²) in [5.41, 5.74) is 6.68. The first-order chi connectivity index (χ1) is 6.81. The van der Waals surface area contributed by atoms with Crippen molar-refractivity contribution in [3.63, 3.8) is 0 Å². The molecule has 71 valence electrons. The van der Waals surface area contributed by atoms with Gasteiger partial charge in [-0.1, -0.05) is 18.2 Å². The molecule has 0 aliphatic carbocycles. The molecule has 1 atom stereocenters. The van der Waals surface area contributed by atoms with Crippen LogP contribution >= 0.6 is 11.3 Å². The maximum atomic E-state index is 10.3. The van der Waals surface area contributed by atoms with Gasteiger partial charge < -0.3 is 5.73 Å². The van der Waals surface area contributed by atoms with Crippen LogP contribution in [0.3, 0.4) is 0 Å². The molecule has 0 saturated carbocycles. The number of fused-ring (bicyclic) bond motifs is 1. The van der Waals surface area contributed by atoms with E-state index in [1.807, 2.05) is 12.1 Å². The van der Waals surface area contributed by atoms with Crippen LogP contribution in [0.1, 0.15) is 5.56 Å². The molecule has 0 aliphatic heterocycles. The van der Waals surface area contributed by atoms with Crippen LogP contribution in [0, 0.1) is 0 Å². The van der Waals surface area contributed by atoms with E-state index in [4.69, 9.17) is 5.73 Å². The topological polar surface area (TPSA) is 43.1 Å². The van der Waals surface area contributed by atoms with Crippen molar-refractivity contribution < 1.29 is 4.79 Å². The second kappa shape index (κ2) is 3.90. The van der Waals surface area contributed by atoms with E-state index in [2.05, 4.69) is 17.5 Å². The van der Waals surface area contributed by atoms with Crippen LogP contribution in [0.5, 0.6) is 0 Å². The minimum atomic E-state index is -0.506. The van der Waals surface area contributed by atoms with Crippen LogP contribution in [0.15, 0.2) is 29.6 Å². The molecule has 2 rings (SSSR count). The number of rotatable bonds is 3. The monoisotopic (exact) mass is 204 g/mol. The van der Waals surface area contributed by atoms with Gasteiger partial charge in [0.05, 0.1) is 6.04 Å². The lowest BCUT2D eigenvalue weighted by atomic mass is 10.1. The highest BCUT2D eigenvalue weighted by atomic mass is 32.1. The molecule has 0 unspecified atom stereocenters. The van der Waals surface area contributed by atoms with E-state index in [1.165, 1.54) is 10.1 Å². The van der Waals surface area contributed by atoms with Gasteiger partial charge in [0.1, 0.15) is 0 Å². The first-order valence-corrected chi connectivity index (χ1v) is 5.27. The van der Waals surface area contributed by atoms with E-state index in [9.17, 15) is 4.79 Å². The Balaban J connectivity index is 2.38. The fourth-order valence-corrected chi connectivity index (χ4v) is 2.45. The molecule has 0 spiro atoms. The Bertz CT molecular complexity index is 449. The lowest BCUT2D eigenvalue weighted by Gasteiger charge is -2.00. The van der Waals surface area contributed by atoms with E-state index in [0.717, 1.165) is 5.56 Å². The smallest absolute Gasteiger partial charge is 0.217 e. The van der Waals surface area contributed by atoms with Gasteiger partial charge in [0.25, 0.3) is 0 Å². The molecule has 1 aromatic heterocycles. The van der Waals surface area contributed by atoms with Gasteiger partial charge in [0, 0.05) is 4.70 Å². The summed E-state index contributed by atoms with van der Waals surface area (Å²) in [7, 11) is 0. The van der Waals surface area contributed by atoms with Crippen LogP contribution in [-0.4, -0.2) is 12.3 Å². The average Bonchev–Trinajstić information content (AvgIpc) is 2.62. The Morgan fingerprint density at radius 1 is 1.43 bits per heavy atom. The number of hydrogen-bond donors (Lipinski definition) is 1. The molecule has 14 heavy (non-hydrogen) atoms. The van der Waals surface area contributed by atoms with Gasteiger partial charge in [-0.25, -0.2) is 0 Å². The lowest BCUT2D eigenvalue weighted by Crippen LogP contribution is -2.23. The fourth-order valence-electron chi connectivity index (χ4n) is 1.47. The highest BCUT2D eigenvalue weighted by Crippen LogP contribution is 2.26. The number of thiophene rings is 1. The Hall–Kier alpha value is -1.19. The van der Waals surface area contributed by atoms with Gasteiger partial charge in [-0.05, 0) is 28.8 Å². The van der Waals surface area contributed by atoms with Crippen LogP contribution < -0.4 is 5.73 Å². The van der Waals surface area contributed by atoms with Gasteiger partial charge in [0.15, 0.2) is 0 Å². The summed E-state index contributed by atoms with van der Waals surface area (Å²) in [6.07, 6.45) is 2.38. The van der Waals surface area contributed by atoms with Crippen LogP contribution in [0.25, 0.3) is 10.1 Å². The Kier molecular flexibility index (Phi) is 2.61. The second-order valence-corrected chi connectivity index (χ2v) is 4.10. The summed E-state index contributed by atoms with van der Waals surface area (Å²) < 4.78 is 1.24. The standard InChI is InChI=1S/C11H10NOS/c12-9(6-13)5-8-7-14-11-4-2-1-3-10(8)11/h1-4,7,9H,5,12H2/t9-/m1/s1. The highest BCUT2D eigenvalue weighted by Gasteiger charge is 2.07. The molecular formula is C11H10NOS. The van der Waals surface area contributed by atoms with Crippen molar-refractivity contribution in [2.75, 3.05) is 0 Å². The zero-order valence-corrected chi connectivity index (χ0v) is 8.38. The van der Waals surface area contributed by atoms with Crippen molar-refractivity contribution in [2.24, 2.45) is 5.73 Å². The van der Waals surface area contributed by atoms with Crippen molar-refractivity contribution in [1.82, 2.24) is 0 Å². The summed E-state index contributed by atoms with van der Waals surface area (Å²) in [5.74, 6) is 0. The summed E-state index contributed by atoms with van der Waals surface area (Å²) in [6.45, 7) is 0. The van der Waals surface area contributed by atoms with E-state index in [1.54, 1.807) is 17.6 Å². The summed E-state index contributed by atoms with van der Waals surface area (Å²) in [5, 5.41) is 3.25. The van der Waals surface area contributed by atoms with Crippen molar-refractivity contribution in [1.29, 1.82) is 0 Å². The minimum absolute atomic E-state index is 0.506. The molecule has 1 aromatic carbocycles. The van der Waals surface area contributed by atoms with Gasteiger partial charge in [-0.2, -0.15) is 0 Å². The number of carbonyl (C=O) groups excluding carboxylic acids is 1.